The van der Waals surface area contributed by atoms with E-state index >= 15 is 0 Å². The lowest BCUT2D eigenvalue weighted by Crippen LogP contribution is -2.42. The van der Waals surface area contributed by atoms with Crippen LogP contribution in [0.3, 0.4) is 0 Å². The van der Waals surface area contributed by atoms with Crippen molar-refractivity contribution in [2.45, 2.75) is 26.0 Å². The number of likely N-dealkylation sites (tertiary alicyclic amines) is 1. The standard InChI is InChI=1S/C14H21NO/c1-12-8-14(16-2)11-15(9-12)10-13-6-4-3-5-7-13/h3-7,12,14H,8-11H2,1-2H3/t12-,14-/m0/s1. The molecule has 0 N–H and O–H groups in total. The third-order valence-corrected chi connectivity index (χ3v) is 3.28. The maximum atomic E-state index is 5.49. The zero-order valence-corrected chi connectivity index (χ0v) is 10.2. The van der Waals surface area contributed by atoms with Gasteiger partial charge in [0.25, 0.3) is 0 Å². The van der Waals surface area contributed by atoms with E-state index in [0.717, 1.165) is 19.0 Å². The van der Waals surface area contributed by atoms with Crippen molar-refractivity contribution in [3.63, 3.8) is 0 Å². The molecule has 1 heterocycles. The Morgan fingerprint density at radius 1 is 1.25 bits per heavy atom. The zero-order valence-electron chi connectivity index (χ0n) is 10.2. The lowest BCUT2D eigenvalue weighted by molar-refractivity contribution is 0.00815. The summed E-state index contributed by atoms with van der Waals surface area (Å²) in [5.41, 5.74) is 1.39. The Morgan fingerprint density at radius 3 is 2.69 bits per heavy atom. The van der Waals surface area contributed by atoms with Gasteiger partial charge in [0.05, 0.1) is 6.10 Å². The molecule has 0 amide bonds. The average molecular weight is 219 g/mol. The van der Waals surface area contributed by atoms with E-state index < -0.39 is 0 Å². The summed E-state index contributed by atoms with van der Waals surface area (Å²) in [5.74, 6) is 0.738. The van der Waals surface area contributed by atoms with Crippen LogP contribution in [0.4, 0.5) is 0 Å². The largest absolute Gasteiger partial charge is 0.380 e. The fourth-order valence-corrected chi connectivity index (χ4v) is 2.54. The molecule has 2 heteroatoms. The summed E-state index contributed by atoms with van der Waals surface area (Å²) in [6.45, 7) is 5.61. The van der Waals surface area contributed by atoms with Crippen LogP contribution in [0.1, 0.15) is 18.9 Å². The molecular weight excluding hydrogens is 198 g/mol. The fourth-order valence-electron chi connectivity index (χ4n) is 2.54. The van der Waals surface area contributed by atoms with Crippen LogP contribution in [0, 0.1) is 5.92 Å². The van der Waals surface area contributed by atoms with Crippen molar-refractivity contribution in [1.29, 1.82) is 0 Å². The number of methoxy groups -OCH3 is 1. The minimum Gasteiger partial charge on any atom is -0.380 e. The van der Waals surface area contributed by atoms with Gasteiger partial charge in [-0.25, -0.2) is 0 Å². The summed E-state index contributed by atoms with van der Waals surface area (Å²) >= 11 is 0. The Balaban J connectivity index is 1.94. The average Bonchev–Trinajstić information content (AvgIpc) is 2.29. The molecule has 1 aromatic rings. The zero-order chi connectivity index (χ0) is 11.4. The Labute approximate surface area is 98.2 Å². The molecule has 1 aliphatic heterocycles. The predicted molar refractivity (Wildman–Crippen MR) is 66.3 cm³/mol. The molecule has 1 aromatic carbocycles. The van der Waals surface area contributed by atoms with Crippen molar-refractivity contribution < 1.29 is 4.74 Å². The molecule has 2 nitrogen and oxygen atoms in total. The Kier molecular flexibility index (Phi) is 3.97. The highest BCUT2D eigenvalue weighted by Crippen LogP contribution is 2.19. The summed E-state index contributed by atoms with van der Waals surface area (Å²) < 4.78 is 5.49. The molecule has 88 valence electrons. The van der Waals surface area contributed by atoms with Crippen molar-refractivity contribution in [3.05, 3.63) is 35.9 Å². The van der Waals surface area contributed by atoms with E-state index in [1.165, 1.54) is 18.5 Å². The van der Waals surface area contributed by atoms with Gasteiger partial charge in [-0.2, -0.15) is 0 Å². The highest BCUT2D eigenvalue weighted by atomic mass is 16.5. The van der Waals surface area contributed by atoms with Crippen molar-refractivity contribution in [2.75, 3.05) is 20.2 Å². The number of benzene rings is 1. The van der Waals surface area contributed by atoms with Crippen LogP contribution in [-0.4, -0.2) is 31.2 Å². The van der Waals surface area contributed by atoms with E-state index in [9.17, 15) is 0 Å². The van der Waals surface area contributed by atoms with Crippen molar-refractivity contribution >= 4 is 0 Å². The monoisotopic (exact) mass is 219 g/mol. The minimum atomic E-state index is 0.410. The van der Waals surface area contributed by atoms with Crippen LogP contribution in [0.25, 0.3) is 0 Å². The van der Waals surface area contributed by atoms with Crippen LogP contribution < -0.4 is 0 Å². The minimum absolute atomic E-state index is 0.410. The molecule has 0 unspecified atom stereocenters. The first-order chi connectivity index (χ1) is 7.78. The Hall–Kier alpha value is -0.860. The van der Waals surface area contributed by atoms with Crippen LogP contribution in [0.2, 0.25) is 0 Å². The summed E-state index contributed by atoms with van der Waals surface area (Å²) in [6.07, 6.45) is 1.61. The molecule has 1 fully saturated rings. The molecule has 0 radical (unpaired) electrons. The SMILES string of the molecule is CO[C@H]1C[C@H](C)CN(Cc2ccccc2)C1. The number of rotatable bonds is 3. The number of ether oxygens (including phenoxy) is 1. The van der Waals surface area contributed by atoms with Crippen LogP contribution in [0.15, 0.2) is 30.3 Å². The molecule has 0 aromatic heterocycles. The van der Waals surface area contributed by atoms with E-state index in [1.807, 2.05) is 7.11 Å². The van der Waals surface area contributed by atoms with E-state index in [1.54, 1.807) is 0 Å². The molecule has 2 atom stereocenters. The van der Waals surface area contributed by atoms with Gasteiger partial charge in [0.2, 0.25) is 0 Å². The third-order valence-electron chi connectivity index (χ3n) is 3.28. The van der Waals surface area contributed by atoms with Gasteiger partial charge in [-0.05, 0) is 17.9 Å². The van der Waals surface area contributed by atoms with Crippen LogP contribution in [0.5, 0.6) is 0 Å². The first-order valence-corrected chi connectivity index (χ1v) is 6.07. The van der Waals surface area contributed by atoms with E-state index in [2.05, 4.69) is 42.2 Å². The van der Waals surface area contributed by atoms with Crippen molar-refractivity contribution in [2.24, 2.45) is 5.92 Å². The first kappa shape index (κ1) is 11.6. The quantitative estimate of drug-likeness (QED) is 0.774. The normalized spacial score (nSPS) is 26.9. The lowest BCUT2D eigenvalue weighted by Gasteiger charge is -2.35. The van der Waals surface area contributed by atoms with Crippen LogP contribution in [-0.2, 0) is 11.3 Å². The summed E-state index contributed by atoms with van der Waals surface area (Å²) in [4.78, 5) is 2.50. The highest BCUT2D eigenvalue weighted by Gasteiger charge is 2.24. The molecule has 1 saturated heterocycles. The number of piperidine rings is 1. The molecule has 0 bridgehead atoms. The van der Waals surface area contributed by atoms with Gasteiger partial charge in [-0.1, -0.05) is 37.3 Å². The maximum Gasteiger partial charge on any atom is 0.0701 e. The smallest absolute Gasteiger partial charge is 0.0701 e. The van der Waals surface area contributed by atoms with Gasteiger partial charge >= 0.3 is 0 Å². The van der Waals surface area contributed by atoms with Crippen LogP contribution >= 0.6 is 0 Å². The Morgan fingerprint density at radius 2 is 2.00 bits per heavy atom. The van der Waals surface area contributed by atoms with Gasteiger partial charge in [-0.3, -0.25) is 4.90 Å². The summed E-state index contributed by atoms with van der Waals surface area (Å²) in [6, 6.07) is 10.7. The maximum absolute atomic E-state index is 5.49. The molecule has 0 aliphatic carbocycles. The van der Waals surface area contributed by atoms with E-state index in [0.29, 0.717) is 6.10 Å². The molecule has 0 spiro atoms. The topological polar surface area (TPSA) is 12.5 Å². The predicted octanol–water partition coefficient (Wildman–Crippen LogP) is 2.54. The summed E-state index contributed by atoms with van der Waals surface area (Å²) in [7, 11) is 1.82. The number of hydrogen-bond acceptors (Lipinski definition) is 2. The van der Waals surface area contributed by atoms with Gasteiger partial charge in [0.1, 0.15) is 0 Å². The van der Waals surface area contributed by atoms with Crippen molar-refractivity contribution in [3.8, 4) is 0 Å². The molecule has 16 heavy (non-hydrogen) atoms. The fraction of sp³-hybridized carbons (Fsp3) is 0.571. The number of nitrogens with zero attached hydrogens (tertiary/aromatic N) is 1. The second-order valence-electron chi connectivity index (χ2n) is 4.88. The highest BCUT2D eigenvalue weighted by molar-refractivity contribution is 5.14. The second-order valence-corrected chi connectivity index (χ2v) is 4.88. The number of hydrogen-bond donors (Lipinski definition) is 0. The lowest BCUT2D eigenvalue weighted by atomic mass is 9.97. The molecular formula is C14H21NO. The van der Waals surface area contributed by atoms with Crippen molar-refractivity contribution in [1.82, 2.24) is 4.90 Å². The van der Waals surface area contributed by atoms with Gasteiger partial charge in [0, 0.05) is 26.7 Å². The summed E-state index contributed by atoms with van der Waals surface area (Å²) in [5, 5.41) is 0. The third kappa shape index (κ3) is 3.06. The van der Waals surface area contributed by atoms with Gasteiger partial charge < -0.3 is 4.74 Å². The van der Waals surface area contributed by atoms with E-state index in [4.69, 9.17) is 4.74 Å². The second kappa shape index (κ2) is 5.46. The molecule has 0 saturated carbocycles. The molecule has 2 rings (SSSR count). The van der Waals surface area contributed by atoms with Gasteiger partial charge in [0.15, 0.2) is 0 Å². The molecule has 1 aliphatic rings. The van der Waals surface area contributed by atoms with E-state index in [-0.39, 0.29) is 0 Å². The first-order valence-electron chi connectivity index (χ1n) is 6.07. The Bertz CT molecular complexity index is 312. The van der Waals surface area contributed by atoms with Gasteiger partial charge in [-0.15, -0.1) is 0 Å².